The summed E-state index contributed by atoms with van der Waals surface area (Å²) >= 11 is 1.51. The van der Waals surface area contributed by atoms with Crippen molar-refractivity contribution >= 4 is 28.8 Å². The third kappa shape index (κ3) is 1.94. The van der Waals surface area contributed by atoms with E-state index in [0.717, 1.165) is 15.6 Å². The number of nitrogens with two attached hydrogens (primary N) is 1. The number of nitrogen functional groups attached to an aromatic ring is 1. The van der Waals surface area contributed by atoms with Crippen molar-refractivity contribution in [2.24, 2.45) is 0 Å². The Hall–Kier alpha value is -2.21. The minimum atomic E-state index is -0.344. The van der Waals surface area contributed by atoms with E-state index in [4.69, 9.17) is 5.73 Å². The summed E-state index contributed by atoms with van der Waals surface area (Å²) in [5.74, 6) is -0.619. The fourth-order valence-electron chi connectivity index (χ4n) is 2.73. The minimum absolute atomic E-state index is 0.291. The second-order valence-corrected chi connectivity index (χ2v) is 6.34. The summed E-state index contributed by atoms with van der Waals surface area (Å²) in [7, 11) is 0. The van der Waals surface area contributed by atoms with Crippen LogP contribution in [-0.4, -0.2) is 21.7 Å². The average molecular weight is 301 g/mol. The molecule has 21 heavy (non-hydrogen) atoms. The second kappa shape index (κ2) is 4.66. The molecule has 1 unspecified atom stereocenters. The van der Waals surface area contributed by atoms with Gasteiger partial charge >= 0.3 is 0 Å². The number of aryl methyl sites for hydroxylation is 2. The molecule has 0 bridgehead atoms. The molecule has 3 rings (SSSR count). The van der Waals surface area contributed by atoms with Crippen LogP contribution in [0.2, 0.25) is 0 Å². The topological polar surface area (TPSA) is 76.3 Å². The van der Waals surface area contributed by atoms with Gasteiger partial charge in [0.2, 0.25) is 0 Å². The van der Waals surface area contributed by atoms with E-state index in [2.05, 4.69) is 4.98 Å². The van der Waals surface area contributed by atoms with E-state index in [1.165, 1.54) is 16.2 Å². The number of nitrogens with zero attached hydrogens (tertiary/aromatic N) is 2. The Labute approximate surface area is 126 Å². The molecule has 2 aromatic rings. The van der Waals surface area contributed by atoms with Crippen LogP contribution in [0.1, 0.15) is 49.3 Å². The fraction of sp³-hybridized carbons (Fsp3) is 0.267. The van der Waals surface area contributed by atoms with E-state index in [1.54, 1.807) is 18.2 Å². The number of rotatable bonds is 2. The fourth-order valence-corrected chi connectivity index (χ4v) is 3.70. The summed E-state index contributed by atoms with van der Waals surface area (Å²) in [5.41, 5.74) is 7.74. The molecular weight excluding hydrogens is 286 g/mol. The summed E-state index contributed by atoms with van der Waals surface area (Å²) in [6, 6.07) is 4.63. The number of hydrogen-bond donors (Lipinski definition) is 1. The average Bonchev–Trinajstić information content (AvgIpc) is 2.88. The Balaban J connectivity index is 2.06. The van der Waals surface area contributed by atoms with Gasteiger partial charge in [-0.1, -0.05) is 6.07 Å². The maximum atomic E-state index is 12.6. The Morgan fingerprint density at radius 1 is 1.24 bits per heavy atom. The Morgan fingerprint density at radius 2 is 1.95 bits per heavy atom. The molecule has 5 nitrogen and oxygen atoms in total. The van der Waals surface area contributed by atoms with Gasteiger partial charge < -0.3 is 5.73 Å². The molecule has 1 aliphatic heterocycles. The molecule has 1 aromatic carbocycles. The van der Waals surface area contributed by atoms with E-state index in [-0.39, 0.29) is 17.9 Å². The van der Waals surface area contributed by atoms with Crippen LogP contribution < -0.4 is 5.73 Å². The van der Waals surface area contributed by atoms with E-state index in [0.29, 0.717) is 16.8 Å². The van der Waals surface area contributed by atoms with Crippen molar-refractivity contribution in [2.45, 2.75) is 26.8 Å². The van der Waals surface area contributed by atoms with Crippen molar-refractivity contribution in [3.8, 4) is 0 Å². The van der Waals surface area contributed by atoms with Crippen molar-refractivity contribution in [3.63, 3.8) is 0 Å². The molecule has 0 spiro atoms. The first-order valence-electron chi connectivity index (χ1n) is 6.62. The molecule has 0 fully saturated rings. The number of carbonyl (C=O) groups excluding carboxylic acids is 2. The van der Waals surface area contributed by atoms with Crippen LogP contribution in [0.4, 0.5) is 5.69 Å². The molecule has 1 atom stereocenters. The summed E-state index contributed by atoms with van der Waals surface area (Å²) in [6.07, 6.45) is 0. The summed E-state index contributed by atoms with van der Waals surface area (Å²) in [5, 5.41) is 0.922. The highest BCUT2D eigenvalue weighted by molar-refractivity contribution is 7.11. The van der Waals surface area contributed by atoms with Crippen LogP contribution >= 0.6 is 11.3 Å². The van der Waals surface area contributed by atoms with Gasteiger partial charge in [0.05, 0.1) is 32.7 Å². The largest absolute Gasteiger partial charge is 0.398 e. The lowest BCUT2D eigenvalue weighted by Gasteiger charge is -2.21. The number of hydrogen-bond acceptors (Lipinski definition) is 5. The number of amides is 2. The maximum Gasteiger partial charge on any atom is 0.264 e. The molecule has 0 saturated carbocycles. The lowest BCUT2D eigenvalue weighted by Crippen LogP contribution is -2.32. The molecule has 0 aliphatic carbocycles. The number of carbonyl (C=O) groups is 2. The minimum Gasteiger partial charge on any atom is -0.398 e. The third-order valence-electron chi connectivity index (χ3n) is 3.68. The van der Waals surface area contributed by atoms with Crippen molar-refractivity contribution in [3.05, 3.63) is 44.9 Å². The van der Waals surface area contributed by atoms with Gasteiger partial charge in [-0.2, -0.15) is 0 Å². The first-order valence-corrected chi connectivity index (χ1v) is 7.43. The third-order valence-corrected chi connectivity index (χ3v) is 4.93. The van der Waals surface area contributed by atoms with Crippen LogP contribution in [0.15, 0.2) is 18.2 Å². The van der Waals surface area contributed by atoms with Gasteiger partial charge in [-0.25, -0.2) is 4.98 Å². The lowest BCUT2D eigenvalue weighted by atomic mass is 10.1. The summed E-state index contributed by atoms with van der Waals surface area (Å²) in [4.78, 5) is 31.7. The van der Waals surface area contributed by atoms with Crippen molar-refractivity contribution < 1.29 is 9.59 Å². The van der Waals surface area contributed by atoms with E-state index in [9.17, 15) is 9.59 Å². The van der Waals surface area contributed by atoms with Crippen LogP contribution in [0, 0.1) is 13.8 Å². The van der Waals surface area contributed by atoms with Gasteiger partial charge in [-0.15, -0.1) is 11.3 Å². The zero-order valence-corrected chi connectivity index (χ0v) is 12.8. The smallest absolute Gasteiger partial charge is 0.264 e. The Kier molecular flexibility index (Phi) is 3.06. The first-order chi connectivity index (χ1) is 9.91. The zero-order chi connectivity index (χ0) is 15.3. The number of thiazole rings is 1. The molecule has 0 saturated heterocycles. The summed E-state index contributed by atoms with van der Waals surface area (Å²) < 4.78 is 0. The first kappa shape index (κ1) is 13.8. The Bertz CT molecular complexity index is 766. The standard InChI is InChI=1S/C15H15N3O2S/c1-7-13(21-9(3)17-7)8(2)18-14(19)10-5-4-6-11(16)12(10)15(18)20/h4-6,8H,16H2,1-3H3. The highest BCUT2D eigenvalue weighted by atomic mass is 32.1. The predicted molar refractivity (Wildman–Crippen MR) is 81.4 cm³/mol. The zero-order valence-electron chi connectivity index (χ0n) is 12.0. The molecule has 2 N–H and O–H groups in total. The van der Waals surface area contributed by atoms with Gasteiger partial charge in [0, 0.05) is 5.69 Å². The number of aromatic nitrogens is 1. The lowest BCUT2D eigenvalue weighted by molar-refractivity contribution is 0.0598. The van der Waals surface area contributed by atoms with Crippen molar-refractivity contribution in [1.29, 1.82) is 0 Å². The number of fused-ring (bicyclic) bond motifs is 1. The molecule has 2 heterocycles. The Morgan fingerprint density at radius 3 is 2.52 bits per heavy atom. The van der Waals surface area contributed by atoms with E-state index in [1.807, 2.05) is 20.8 Å². The van der Waals surface area contributed by atoms with Gasteiger partial charge in [0.1, 0.15) is 0 Å². The summed E-state index contributed by atoms with van der Waals surface area (Å²) in [6.45, 7) is 5.65. The SMILES string of the molecule is Cc1nc(C)c(C(C)N2C(=O)c3cccc(N)c3C2=O)s1. The van der Waals surface area contributed by atoms with Gasteiger partial charge in [-0.3, -0.25) is 14.5 Å². The maximum absolute atomic E-state index is 12.6. The van der Waals surface area contributed by atoms with Gasteiger partial charge in [0.25, 0.3) is 11.8 Å². The number of anilines is 1. The van der Waals surface area contributed by atoms with Crippen molar-refractivity contribution in [1.82, 2.24) is 9.88 Å². The molecule has 0 radical (unpaired) electrons. The number of imide groups is 1. The normalized spacial score (nSPS) is 15.5. The molecule has 1 aromatic heterocycles. The quantitative estimate of drug-likeness (QED) is 0.683. The van der Waals surface area contributed by atoms with Gasteiger partial charge in [-0.05, 0) is 32.9 Å². The molecule has 108 valence electrons. The van der Waals surface area contributed by atoms with E-state index < -0.39 is 0 Å². The van der Waals surface area contributed by atoms with Gasteiger partial charge in [0.15, 0.2) is 0 Å². The highest BCUT2D eigenvalue weighted by Crippen LogP contribution is 2.36. The number of benzene rings is 1. The molecule has 1 aliphatic rings. The second-order valence-electron chi connectivity index (χ2n) is 5.11. The van der Waals surface area contributed by atoms with Crippen LogP contribution in [0.25, 0.3) is 0 Å². The highest BCUT2D eigenvalue weighted by Gasteiger charge is 2.41. The predicted octanol–water partition coefficient (Wildman–Crippen LogP) is 2.70. The van der Waals surface area contributed by atoms with Crippen LogP contribution in [-0.2, 0) is 0 Å². The molecule has 2 amide bonds. The monoisotopic (exact) mass is 301 g/mol. The van der Waals surface area contributed by atoms with Crippen molar-refractivity contribution in [2.75, 3.05) is 5.73 Å². The molecular formula is C15H15N3O2S. The molecule has 6 heteroatoms. The van der Waals surface area contributed by atoms with E-state index >= 15 is 0 Å². The van der Waals surface area contributed by atoms with Crippen LogP contribution in [0.3, 0.4) is 0 Å². The van der Waals surface area contributed by atoms with Crippen LogP contribution in [0.5, 0.6) is 0 Å².